The van der Waals surface area contributed by atoms with Crippen LogP contribution < -0.4 is 5.32 Å². The Bertz CT molecular complexity index is 466. The summed E-state index contributed by atoms with van der Waals surface area (Å²) in [5, 5.41) is 3.61. The van der Waals surface area contributed by atoms with Crippen LogP contribution >= 0.6 is 0 Å². The van der Waals surface area contributed by atoms with Crippen molar-refractivity contribution >= 4 is 0 Å². The van der Waals surface area contributed by atoms with Crippen LogP contribution in [-0.2, 0) is 24.2 Å². The van der Waals surface area contributed by atoms with E-state index in [0.717, 1.165) is 30.9 Å². The molecule has 4 nitrogen and oxygen atoms in total. The van der Waals surface area contributed by atoms with Crippen molar-refractivity contribution in [2.45, 2.75) is 59.1 Å². The molecule has 0 aromatic carbocycles. The minimum absolute atomic E-state index is 0.189. The zero-order valence-corrected chi connectivity index (χ0v) is 13.4. The van der Waals surface area contributed by atoms with Crippen LogP contribution in [0.4, 0.5) is 0 Å². The standard InChI is InChI=1S/C16H27N3O/c1-11-13-8-12(9-17-16(2,3)4)6-7-14(13)19-15(18-11)10-20-5/h12,17H,6-10H2,1-5H3. The Kier molecular flexibility index (Phi) is 4.76. The molecule has 1 unspecified atom stereocenters. The number of hydrogen-bond donors (Lipinski definition) is 1. The third-order valence-electron chi connectivity index (χ3n) is 3.82. The maximum Gasteiger partial charge on any atom is 0.154 e. The zero-order valence-electron chi connectivity index (χ0n) is 13.4. The van der Waals surface area contributed by atoms with Gasteiger partial charge >= 0.3 is 0 Å². The summed E-state index contributed by atoms with van der Waals surface area (Å²) in [5.74, 6) is 1.51. The molecular formula is C16H27N3O. The van der Waals surface area contributed by atoms with Gasteiger partial charge in [0.1, 0.15) is 6.61 Å². The van der Waals surface area contributed by atoms with Crippen LogP contribution in [0, 0.1) is 12.8 Å². The fourth-order valence-corrected chi connectivity index (χ4v) is 2.74. The number of nitrogens with one attached hydrogen (secondary N) is 1. The van der Waals surface area contributed by atoms with E-state index in [2.05, 4.69) is 43.0 Å². The summed E-state index contributed by atoms with van der Waals surface area (Å²) >= 11 is 0. The van der Waals surface area contributed by atoms with Crippen LogP contribution in [0.25, 0.3) is 0 Å². The molecular weight excluding hydrogens is 250 g/mol. The Morgan fingerprint density at radius 2 is 2.05 bits per heavy atom. The van der Waals surface area contributed by atoms with Crippen molar-refractivity contribution in [3.05, 3.63) is 22.8 Å². The van der Waals surface area contributed by atoms with E-state index in [-0.39, 0.29) is 5.54 Å². The first-order valence-corrected chi connectivity index (χ1v) is 7.48. The topological polar surface area (TPSA) is 47.0 Å². The predicted molar refractivity (Wildman–Crippen MR) is 80.8 cm³/mol. The number of hydrogen-bond acceptors (Lipinski definition) is 4. The van der Waals surface area contributed by atoms with Crippen LogP contribution in [0.3, 0.4) is 0 Å². The van der Waals surface area contributed by atoms with Gasteiger partial charge in [-0.25, -0.2) is 9.97 Å². The monoisotopic (exact) mass is 277 g/mol. The lowest BCUT2D eigenvalue weighted by Gasteiger charge is -2.29. The molecule has 1 aromatic rings. The molecule has 0 aliphatic heterocycles. The van der Waals surface area contributed by atoms with Crippen LogP contribution in [-0.4, -0.2) is 29.2 Å². The van der Waals surface area contributed by atoms with E-state index in [1.54, 1.807) is 7.11 Å². The summed E-state index contributed by atoms with van der Waals surface area (Å²) in [6.45, 7) is 10.3. The molecule has 2 rings (SSSR count). The van der Waals surface area contributed by atoms with E-state index in [4.69, 9.17) is 4.74 Å². The normalized spacial score (nSPS) is 18.9. The molecule has 1 aliphatic carbocycles. The fraction of sp³-hybridized carbons (Fsp3) is 0.750. The molecule has 0 fully saturated rings. The second-order valence-electron chi connectivity index (χ2n) is 6.82. The van der Waals surface area contributed by atoms with Gasteiger partial charge in [-0.2, -0.15) is 0 Å². The van der Waals surface area contributed by atoms with Gasteiger partial charge in [0.2, 0.25) is 0 Å². The average Bonchev–Trinajstić information content (AvgIpc) is 2.36. The Morgan fingerprint density at radius 3 is 2.70 bits per heavy atom. The molecule has 1 atom stereocenters. The molecule has 4 heteroatoms. The molecule has 1 aromatic heterocycles. The van der Waals surface area contributed by atoms with Crippen molar-refractivity contribution in [3.8, 4) is 0 Å². The van der Waals surface area contributed by atoms with Gasteiger partial charge < -0.3 is 10.1 Å². The molecule has 0 saturated carbocycles. The third-order valence-corrected chi connectivity index (χ3v) is 3.82. The zero-order chi connectivity index (χ0) is 14.8. The molecule has 20 heavy (non-hydrogen) atoms. The summed E-state index contributed by atoms with van der Waals surface area (Å²) < 4.78 is 5.14. The van der Waals surface area contributed by atoms with Crippen molar-refractivity contribution in [3.63, 3.8) is 0 Å². The summed E-state index contributed by atoms with van der Waals surface area (Å²) in [6.07, 6.45) is 3.36. The highest BCUT2D eigenvalue weighted by molar-refractivity contribution is 5.28. The first-order valence-electron chi connectivity index (χ1n) is 7.48. The molecule has 0 saturated heterocycles. The second kappa shape index (κ2) is 6.19. The Labute approximate surface area is 122 Å². The van der Waals surface area contributed by atoms with Gasteiger partial charge in [-0.05, 0) is 65.0 Å². The van der Waals surface area contributed by atoms with Crippen LogP contribution in [0.5, 0.6) is 0 Å². The molecule has 0 radical (unpaired) electrons. The van der Waals surface area contributed by atoms with Crippen LogP contribution in [0.15, 0.2) is 0 Å². The number of fused-ring (bicyclic) bond motifs is 1. The van der Waals surface area contributed by atoms with Gasteiger partial charge in [-0.15, -0.1) is 0 Å². The number of aromatic nitrogens is 2. The highest BCUT2D eigenvalue weighted by Crippen LogP contribution is 2.26. The van der Waals surface area contributed by atoms with Gasteiger partial charge in [0, 0.05) is 24.0 Å². The van der Waals surface area contributed by atoms with E-state index in [9.17, 15) is 0 Å². The quantitative estimate of drug-likeness (QED) is 0.918. The highest BCUT2D eigenvalue weighted by atomic mass is 16.5. The average molecular weight is 277 g/mol. The fourth-order valence-electron chi connectivity index (χ4n) is 2.74. The minimum atomic E-state index is 0.189. The number of aryl methyl sites for hydroxylation is 2. The van der Waals surface area contributed by atoms with Crippen LogP contribution in [0.1, 0.15) is 50.0 Å². The van der Waals surface area contributed by atoms with Gasteiger partial charge in [-0.3, -0.25) is 0 Å². The van der Waals surface area contributed by atoms with E-state index in [0.29, 0.717) is 12.5 Å². The molecule has 1 aliphatic rings. The van der Waals surface area contributed by atoms with Gasteiger partial charge in [-0.1, -0.05) is 0 Å². The molecule has 1 heterocycles. The summed E-state index contributed by atoms with van der Waals surface area (Å²) in [7, 11) is 1.69. The third kappa shape index (κ3) is 4.00. The maximum absolute atomic E-state index is 5.14. The lowest BCUT2D eigenvalue weighted by Crippen LogP contribution is -2.40. The second-order valence-corrected chi connectivity index (χ2v) is 6.82. The van der Waals surface area contributed by atoms with E-state index in [1.807, 2.05) is 0 Å². The van der Waals surface area contributed by atoms with Crippen molar-refractivity contribution in [1.82, 2.24) is 15.3 Å². The summed E-state index contributed by atoms with van der Waals surface area (Å²) in [4.78, 5) is 9.21. The Balaban J connectivity index is 2.06. The minimum Gasteiger partial charge on any atom is -0.377 e. The van der Waals surface area contributed by atoms with E-state index >= 15 is 0 Å². The SMILES string of the molecule is COCc1nc(C)c2c(n1)CCC(CNC(C)(C)C)C2. The summed E-state index contributed by atoms with van der Waals surface area (Å²) in [5.41, 5.74) is 3.91. The van der Waals surface area contributed by atoms with Crippen molar-refractivity contribution < 1.29 is 4.74 Å². The Morgan fingerprint density at radius 1 is 1.30 bits per heavy atom. The van der Waals surface area contributed by atoms with E-state index < -0.39 is 0 Å². The van der Waals surface area contributed by atoms with Gasteiger partial charge in [0.05, 0.1) is 0 Å². The molecule has 112 valence electrons. The predicted octanol–water partition coefficient (Wildman–Crippen LogP) is 2.42. The molecule has 0 bridgehead atoms. The summed E-state index contributed by atoms with van der Waals surface area (Å²) in [6, 6.07) is 0. The lowest BCUT2D eigenvalue weighted by molar-refractivity contribution is 0.177. The number of ether oxygens (including phenoxy) is 1. The Hall–Kier alpha value is -1.00. The van der Waals surface area contributed by atoms with Gasteiger partial charge in [0.25, 0.3) is 0 Å². The largest absolute Gasteiger partial charge is 0.377 e. The number of methoxy groups -OCH3 is 1. The smallest absolute Gasteiger partial charge is 0.154 e. The molecule has 1 N–H and O–H groups in total. The van der Waals surface area contributed by atoms with Crippen molar-refractivity contribution in [2.24, 2.45) is 5.92 Å². The van der Waals surface area contributed by atoms with E-state index in [1.165, 1.54) is 17.7 Å². The maximum atomic E-state index is 5.14. The molecule has 0 spiro atoms. The number of nitrogens with zero attached hydrogens (tertiary/aromatic N) is 2. The molecule has 0 amide bonds. The van der Waals surface area contributed by atoms with Crippen LogP contribution in [0.2, 0.25) is 0 Å². The highest BCUT2D eigenvalue weighted by Gasteiger charge is 2.23. The van der Waals surface area contributed by atoms with Crippen molar-refractivity contribution in [1.29, 1.82) is 0 Å². The first kappa shape index (κ1) is 15.4. The number of rotatable bonds is 4. The van der Waals surface area contributed by atoms with Gasteiger partial charge in [0.15, 0.2) is 5.82 Å². The van der Waals surface area contributed by atoms with Crippen molar-refractivity contribution in [2.75, 3.05) is 13.7 Å². The lowest BCUT2D eigenvalue weighted by atomic mass is 9.85. The first-order chi connectivity index (χ1) is 9.39.